The molecule has 1 aromatic heterocycles. The number of hydrogen-bond acceptors (Lipinski definition) is 2. The van der Waals surface area contributed by atoms with E-state index in [0.29, 0.717) is 5.92 Å². The largest absolute Gasteiger partial charge is 0.316 e. The van der Waals surface area contributed by atoms with Crippen molar-refractivity contribution in [2.45, 2.75) is 19.8 Å². The molecular formula is C11H15FN2. The van der Waals surface area contributed by atoms with Crippen molar-refractivity contribution in [1.82, 2.24) is 10.3 Å². The van der Waals surface area contributed by atoms with Crippen molar-refractivity contribution in [2.75, 3.05) is 13.1 Å². The number of nitrogens with zero attached hydrogens (tertiary/aromatic N) is 1. The molecule has 0 saturated carbocycles. The number of hydrogen-bond donors (Lipinski definition) is 1. The second-order valence-electron chi connectivity index (χ2n) is 3.98. The maximum absolute atomic E-state index is 13.3. The Morgan fingerprint density at radius 1 is 1.64 bits per heavy atom. The van der Waals surface area contributed by atoms with E-state index in [0.717, 1.165) is 37.2 Å². The van der Waals surface area contributed by atoms with Crippen LogP contribution in [-0.2, 0) is 6.42 Å². The van der Waals surface area contributed by atoms with Crippen LogP contribution in [0.2, 0.25) is 0 Å². The van der Waals surface area contributed by atoms with Crippen molar-refractivity contribution in [3.05, 3.63) is 29.3 Å². The predicted octanol–water partition coefficient (Wildman–Crippen LogP) is 1.68. The molecule has 1 fully saturated rings. The average molecular weight is 194 g/mol. The molecule has 14 heavy (non-hydrogen) atoms. The Morgan fingerprint density at radius 3 is 3.21 bits per heavy atom. The fourth-order valence-electron chi connectivity index (χ4n) is 1.96. The van der Waals surface area contributed by atoms with Gasteiger partial charge in [-0.15, -0.1) is 0 Å². The molecule has 0 aromatic carbocycles. The number of aromatic nitrogens is 1. The zero-order valence-electron chi connectivity index (χ0n) is 8.39. The number of halogens is 1. The van der Waals surface area contributed by atoms with Gasteiger partial charge in [0, 0.05) is 5.69 Å². The van der Waals surface area contributed by atoms with E-state index >= 15 is 0 Å². The van der Waals surface area contributed by atoms with Crippen LogP contribution in [0.1, 0.15) is 17.7 Å². The molecule has 1 saturated heterocycles. The van der Waals surface area contributed by atoms with Crippen LogP contribution >= 0.6 is 0 Å². The summed E-state index contributed by atoms with van der Waals surface area (Å²) in [7, 11) is 0. The van der Waals surface area contributed by atoms with Gasteiger partial charge in [0.05, 0.1) is 6.20 Å². The van der Waals surface area contributed by atoms with Crippen LogP contribution in [0.15, 0.2) is 12.3 Å². The second-order valence-corrected chi connectivity index (χ2v) is 3.98. The zero-order valence-corrected chi connectivity index (χ0v) is 8.39. The first kappa shape index (κ1) is 9.59. The number of aryl methyl sites for hydroxylation is 1. The highest BCUT2D eigenvalue weighted by Gasteiger charge is 2.16. The maximum Gasteiger partial charge on any atom is 0.144 e. The maximum atomic E-state index is 13.3. The van der Waals surface area contributed by atoms with Gasteiger partial charge in [0.1, 0.15) is 5.82 Å². The van der Waals surface area contributed by atoms with Gasteiger partial charge in [-0.3, -0.25) is 4.98 Å². The van der Waals surface area contributed by atoms with Crippen LogP contribution in [0.3, 0.4) is 0 Å². The van der Waals surface area contributed by atoms with E-state index in [-0.39, 0.29) is 5.82 Å². The van der Waals surface area contributed by atoms with Crippen molar-refractivity contribution < 1.29 is 4.39 Å². The molecule has 0 aliphatic carbocycles. The van der Waals surface area contributed by atoms with E-state index < -0.39 is 0 Å². The SMILES string of the molecule is Cc1cc(C[C@H]2CCNC2)c(F)cn1. The van der Waals surface area contributed by atoms with Crippen molar-refractivity contribution >= 4 is 0 Å². The summed E-state index contributed by atoms with van der Waals surface area (Å²) in [6.45, 7) is 3.98. The van der Waals surface area contributed by atoms with Crippen molar-refractivity contribution in [2.24, 2.45) is 5.92 Å². The van der Waals surface area contributed by atoms with Gasteiger partial charge < -0.3 is 5.32 Å². The molecule has 2 rings (SSSR count). The summed E-state index contributed by atoms with van der Waals surface area (Å²) in [6, 6.07) is 1.85. The zero-order chi connectivity index (χ0) is 9.97. The summed E-state index contributed by atoms with van der Waals surface area (Å²) >= 11 is 0. The van der Waals surface area contributed by atoms with Gasteiger partial charge in [0.25, 0.3) is 0 Å². The van der Waals surface area contributed by atoms with Gasteiger partial charge in [0.15, 0.2) is 0 Å². The Hall–Kier alpha value is -0.960. The third-order valence-electron chi connectivity index (χ3n) is 2.74. The first-order chi connectivity index (χ1) is 6.75. The minimum Gasteiger partial charge on any atom is -0.316 e. The molecular weight excluding hydrogens is 179 g/mol. The van der Waals surface area contributed by atoms with Crippen LogP contribution in [0.5, 0.6) is 0 Å². The highest BCUT2D eigenvalue weighted by atomic mass is 19.1. The molecule has 0 amide bonds. The first-order valence-corrected chi connectivity index (χ1v) is 5.07. The van der Waals surface area contributed by atoms with Gasteiger partial charge in [-0.25, -0.2) is 4.39 Å². The summed E-state index contributed by atoms with van der Waals surface area (Å²) in [5.74, 6) is 0.425. The quantitative estimate of drug-likeness (QED) is 0.774. The number of nitrogens with one attached hydrogen (secondary N) is 1. The van der Waals surface area contributed by atoms with Crippen LogP contribution in [-0.4, -0.2) is 18.1 Å². The molecule has 0 spiro atoms. The fraction of sp³-hybridized carbons (Fsp3) is 0.545. The molecule has 76 valence electrons. The Morgan fingerprint density at radius 2 is 2.50 bits per heavy atom. The molecule has 0 radical (unpaired) electrons. The molecule has 2 heterocycles. The molecule has 1 aliphatic rings. The Kier molecular flexibility index (Phi) is 2.77. The average Bonchev–Trinajstić information content (AvgIpc) is 2.64. The molecule has 3 heteroatoms. The van der Waals surface area contributed by atoms with Gasteiger partial charge in [-0.2, -0.15) is 0 Å². The van der Waals surface area contributed by atoms with Crippen LogP contribution in [0, 0.1) is 18.7 Å². The molecule has 1 aromatic rings. The van der Waals surface area contributed by atoms with E-state index in [1.165, 1.54) is 6.20 Å². The van der Waals surface area contributed by atoms with E-state index in [9.17, 15) is 4.39 Å². The monoisotopic (exact) mass is 194 g/mol. The van der Waals surface area contributed by atoms with Crippen molar-refractivity contribution in [3.63, 3.8) is 0 Å². The summed E-state index contributed by atoms with van der Waals surface area (Å²) in [5.41, 5.74) is 1.71. The van der Waals surface area contributed by atoms with Gasteiger partial charge >= 0.3 is 0 Å². The third-order valence-corrected chi connectivity index (χ3v) is 2.74. The Bertz CT molecular complexity index is 319. The van der Waals surface area contributed by atoms with Crippen LogP contribution in [0.4, 0.5) is 4.39 Å². The van der Waals surface area contributed by atoms with Crippen molar-refractivity contribution in [3.8, 4) is 0 Å². The number of pyridine rings is 1. The Balaban J connectivity index is 2.10. The minimum atomic E-state index is -0.164. The summed E-state index contributed by atoms with van der Waals surface area (Å²) in [6.07, 6.45) is 3.32. The van der Waals surface area contributed by atoms with E-state index in [4.69, 9.17) is 0 Å². The summed E-state index contributed by atoms with van der Waals surface area (Å²) in [5, 5.41) is 3.29. The standard InChI is InChI=1S/C11H15FN2/c1-8-4-10(11(12)7-14-8)5-9-2-3-13-6-9/h4,7,9,13H,2-3,5-6H2,1H3/t9-/m1/s1. The lowest BCUT2D eigenvalue weighted by molar-refractivity contribution is 0.540. The normalized spacial score (nSPS) is 21.4. The molecule has 1 aliphatic heterocycles. The molecule has 0 unspecified atom stereocenters. The van der Waals surface area contributed by atoms with Crippen molar-refractivity contribution in [1.29, 1.82) is 0 Å². The lowest BCUT2D eigenvalue weighted by Crippen LogP contribution is -2.11. The molecule has 1 N–H and O–H groups in total. The highest BCUT2D eigenvalue weighted by Crippen LogP contribution is 2.17. The van der Waals surface area contributed by atoms with Gasteiger partial charge in [0.2, 0.25) is 0 Å². The smallest absolute Gasteiger partial charge is 0.144 e. The second kappa shape index (κ2) is 4.05. The highest BCUT2D eigenvalue weighted by molar-refractivity contribution is 5.18. The van der Waals surface area contributed by atoms with Gasteiger partial charge in [-0.1, -0.05) is 0 Å². The number of rotatable bonds is 2. The first-order valence-electron chi connectivity index (χ1n) is 5.07. The lowest BCUT2D eigenvalue weighted by atomic mass is 9.99. The van der Waals surface area contributed by atoms with Gasteiger partial charge in [-0.05, 0) is 50.4 Å². The molecule has 1 atom stereocenters. The van der Waals surface area contributed by atoms with Crippen LogP contribution in [0.25, 0.3) is 0 Å². The summed E-state index contributed by atoms with van der Waals surface area (Å²) in [4.78, 5) is 3.92. The lowest BCUT2D eigenvalue weighted by Gasteiger charge is -2.09. The van der Waals surface area contributed by atoms with E-state index in [2.05, 4.69) is 10.3 Å². The van der Waals surface area contributed by atoms with Crippen LogP contribution < -0.4 is 5.32 Å². The Labute approximate surface area is 83.6 Å². The van der Waals surface area contributed by atoms with E-state index in [1.807, 2.05) is 13.0 Å². The fourth-order valence-corrected chi connectivity index (χ4v) is 1.96. The molecule has 2 nitrogen and oxygen atoms in total. The third kappa shape index (κ3) is 2.10. The minimum absolute atomic E-state index is 0.164. The van der Waals surface area contributed by atoms with E-state index in [1.54, 1.807) is 0 Å². The topological polar surface area (TPSA) is 24.9 Å². The summed E-state index contributed by atoms with van der Waals surface area (Å²) < 4.78 is 13.3. The predicted molar refractivity (Wildman–Crippen MR) is 53.6 cm³/mol. The molecule has 0 bridgehead atoms.